The minimum Gasteiger partial charge on any atom is -0.490 e. The second kappa shape index (κ2) is 5.21. The van der Waals surface area contributed by atoms with Crippen LogP contribution < -0.4 is 20.8 Å². The monoisotopic (exact) mass is 296 g/mol. The van der Waals surface area contributed by atoms with Crippen LogP contribution in [0.15, 0.2) is 40.2 Å². The van der Waals surface area contributed by atoms with Crippen molar-refractivity contribution in [3.8, 4) is 5.75 Å². The SMILES string of the molecule is COc1cnc(NS(=O)(=O)c2ccc(N)cc2)[nH]c1=O. The van der Waals surface area contributed by atoms with Crippen LogP contribution in [0.2, 0.25) is 0 Å². The van der Waals surface area contributed by atoms with Crippen molar-refractivity contribution in [2.75, 3.05) is 17.6 Å². The van der Waals surface area contributed by atoms with Gasteiger partial charge in [0.05, 0.1) is 18.2 Å². The first kappa shape index (κ1) is 13.9. The van der Waals surface area contributed by atoms with Gasteiger partial charge in [-0.15, -0.1) is 0 Å². The third-order valence-electron chi connectivity index (χ3n) is 2.41. The molecule has 0 aliphatic carbocycles. The molecule has 0 bridgehead atoms. The van der Waals surface area contributed by atoms with Gasteiger partial charge in [-0.3, -0.25) is 9.78 Å². The van der Waals surface area contributed by atoms with E-state index in [1.54, 1.807) is 0 Å². The molecule has 0 unspecified atom stereocenters. The van der Waals surface area contributed by atoms with Crippen LogP contribution in [0.4, 0.5) is 11.6 Å². The van der Waals surface area contributed by atoms with Crippen molar-refractivity contribution in [3.63, 3.8) is 0 Å². The number of nitrogens with zero attached hydrogens (tertiary/aromatic N) is 1. The molecule has 20 heavy (non-hydrogen) atoms. The number of hydrogen-bond donors (Lipinski definition) is 3. The molecule has 0 aliphatic heterocycles. The Morgan fingerprint density at radius 2 is 1.95 bits per heavy atom. The number of hydrogen-bond acceptors (Lipinski definition) is 6. The van der Waals surface area contributed by atoms with Gasteiger partial charge in [-0.2, -0.15) is 0 Å². The Hall–Kier alpha value is -2.55. The lowest BCUT2D eigenvalue weighted by Crippen LogP contribution is -2.19. The van der Waals surface area contributed by atoms with Crippen molar-refractivity contribution in [1.82, 2.24) is 9.97 Å². The molecule has 0 saturated heterocycles. The van der Waals surface area contributed by atoms with Gasteiger partial charge in [0.1, 0.15) is 0 Å². The number of benzene rings is 1. The van der Waals surface area contributed by atoms with Gasteiger partial charge in [-0.25, -0.2) is 18.1 Å². The Kier molecular flexibility index (Phi) is 3.61. The summed E-state index contributed by atoms with van der Waals surface area (Å²) >= 11 is 0. The zero-order chi connectivity index (χ0) is 14.8. The van der Waals surface area contributed by atoms with Crippen LogP contribution in [0, 0.1) is 0 Å². The predicted molar refractivity (Wildman–Crippen MR) is 73.1 cm³/mol. The van der Waals surface area contributed by atoms with Crippen molar-refractivity contribution < 1.29 is 13.2 Å². The molecule has 1 heterocycles. The molecule has 9 heteroatoms. The second-order valence-corrected chi connectivity index (χ2v) is 5.49. The van der Waals surface area contributed by atoms with Crippen LogP contribution in [0.3, 0.4) is 0 Å². The van der Waals surface area contributed by atoms with Crippen molar-refractivity contribution in [2.24, 2.45) is 0 Å². The van der Waals surface area contributed by atoms with Crippen LogP contribution in [-0.4, -0.2) is 25.5 Å². The summed E-state index contributed by atoms with van der Waals surface area (Å²) in [4.78, 5) is 17.5. The molecule has 4 N–H and O–H groups in total. The number of nitrogens with two attached hydrogens (primary N) is 1. The van der Waals surface area contributed by atoms with Crippen LogP contribution in [0.5, 0.6) is 5.75 Å². The number of nitrogens with one attached hydrogen (secondary N) is 2. The number of anilines is 2. The number of H-pyrrole nitrogens is 1. The van der Waals surface area contributed by atoms with E-state index in [0.29, 0.717) is 5.69 Å². The molecule has 0 radical (unpaired) electrons. The number of aromatic amines is 1. The van der Waals surface area contributed by atoms with Gasteiger partial charge < -0.3 is 10.5 Å². The van der Waals surface area contributed by atoms with Gasteiger partial charge in [0.2, 0.25) is 11.7 Å². The fourth-order valence-electron chi connectivity index (χ4n) is 1.41. The Morgan fingerprint density at radius 3 is 2.50 bits per heavy atom. The molecule has 0 aliphatic rings. The van der Waals surface area contributed by atoms with Crippen LogP contribution in [0.1, 0.15) is 0 Å². The van der Waals surface area contributed by atoms with Crippen molar-refractivity contribution >= 4 is 21.7 Å². The third-order valence-corrected chi connectivity index (χ3v) is 3.76. The minimum atomic E-state index is -3.85. The number of ether oxygens (including phenoxy) is 1. The van der Waals surface area contributed by atoms with Crippen molar-refractivity contribution in [2.45, 2.75) is 4.90 Å². The van der Waals surface area contributed by atoms with E-state index in [2.05, 4.69) is 14.7 Å². The van der Waals surface area contributed by atoms with E-state index in [9.17, 15) is 13.2 Å². The van der Waals surface area contributed by atoms with Gasteiger partial charge in [0.25, 0.3) is 15.6 Å². The van der Waals surface area contributed by atoms with E-state index in [0.717, 1.165) is 6.20 Å². The molecule has 2 rings (SSSR count). The molecule has 8 nitrogen and oxygen atoms in total. The highest BCUT2D eigenvalue weighted by atomic mass is 32.2. The first-order chi connectivity index (χ1) is 9.42. The molecular formula is C11H12N4O4S. The first-order valence-corrected chi connectivity index (χ1v) is 6.92. The van der Waals surface area contributed by atoms with Crippen LogP contribution >= 0.6 is 0 Å². The van der Waals surface area contributed by atoms with Gasteiger partial charge in [0, 0.05) is 5.69 Å². The first-order valence-electron chi connectivity index (χ1n) is 5.44. The lowest BCUT2D eigenvalue weighted by Gasteiger charge is -2.07. The maximum Gasteiger partial charge on any atom is 0.294 e. The highest BCUT2D eigenvalue weighted by Gasteiger charge is 2.15. The number of nitrogen functional groups attached to an aromatic ring is 1. The smallest absolute Gasteiger partial charge is 0.294 e. The molecule has 1 aromatic carbocycles. The molecule has 0 atom stereocenters. The fraction of sp³-hybridized carbons (Fsp3) is 0.0909. The lowest BCUT2D eigenvalue weighted by atomic mass is 10.3. The minimum absolute atomic E-state index is 0.00478. The number of aromatic nitrogens is 2. The number of methoxy groups -OCH3 is 1. The largest absolute Gasteiger partial charge is 0.490 e. The molecule has 0 spiro atoms. The molecule has 0 amide bonds. The highest BCUT2D eigenvalue weighted by molar-refractivity contribution is 7.92. The topological polar surface area (TPSA) is 127 Å². The van der Waals surface area contributed by atoms with E-state index in [4.69, 9.17) is 10.5 Å². The predicted octanol–water partition coefficient (Wildman–Crippen LogP) is 0.161. The molecular weight excluding hydrogens is 284 g/mol. The molecule has 106 valence electrons. The van der Waals surface area contributed by atoms with Gasteiger partial charge in [0.15, 0.2) is 0 Å². The Balaban J connectivity index is 2.31. The number of sulfonamides is 1. The summed E-state index contributed by atoms with van der Waals surface area (Å²) in [5, 5.41) is 0. The Labute approximate surface area is 114 Å². The average Bonchev–Trinajstić information content (AvgIpc) is 2.39. The second-order valence-electron chi connectivity index (χ2n) is 3.80. The van der Waals surface area contributed by atoms with E-state index in [1.807, 2.05) is 0 Å². The molecule has 1 aromatic heterocycles. The Morgan fingerprint density at radius 1 is 1.30 bits per heavy atom. The average molecular weight is 296 g/mol. The summed E-state index contributed by atoms with van der Waals surface area (Å²) in [7, 11) is -2.54. The molecule has 2 aromatic rings. The standard InChI is InChI=1S/C11H12N4O4S/c1-19-9-6-13-11(14-10(9)16)15-20(17,18)8-4-2-7(12)3-5-8/h2-6H,12H2,1H3,(H2,13,14,15,16). The highest BCUT2D eigenvalue weighted by Crippen LogP contribution is 2.14. The summed E-state index contributed by atoms with van der Waals surface area (Å²) < 4.78 is 31.0. The van der Waals surface area contributed by atoms with Crippen LogP contribution in [-0.2, 0) is 10.0 Å². The van der Waals surface area contributed by atoms with Crippen LogP contribution in [0.25, 0.3) is 0 Å². The Bertz CT molecular complexity index is 768. The summed E-state index contributed by atoms with van der Waals surface area (Å²) in [6, 6.07) is 5.61. The molecule has 0 fully saturated rings. The summed E-state index contributed by atoms with van der Waals surface area (Å²) in [6.07, 6.45) is 1.12. The zero-order valence-electron chi connectivity index (χ0n) is 10.5. The summed E-state index contributed by atoms with van der Waals surface area (Å²) in [5.74, 6) is -0.215. The van der Waals surface area contributed by atoms with Gasteiger partial charge in [-0.1, -0.05) is 0 Å². The summed E-state index contributed by atoms with van der Waals surface area (Å²) in [5.41, 5.74) is 5.34. The molecule has 0 saturated carbocycles. The third kappa shape index (κ3) is 2.88. The van der Waals surface area contributed by atoms with Gasteiger partial charge >= 0.3 is 0 Å². The maximum absolute atomic E-state index is 12.0. The van der Waals surface area contributed by atoms with E-state index < -0.39 is 15.6 Å². The fourth-order valence-corrected chi connectivity index (χ4v) is 2.38. The quantitative estimate of drug-likeness (QED) is 0.690. The summed E-state index contributed by atoms with van der Waals surface area (Å²) in [6.45, 7) is 0. The normalized spacial score (nSPS) is 11.1. The number of rotatable bonds is 4. The van der Waals surface area contributed by atoms with Crippen molar-refractivity contribution in [3.05, 3.63) is 40.8 Å². The maximum atomic E-state index is 12.0. The van der Waals surface area contributed by atoms with E-state index in [1.165, 1.54) is 31.4 Å². The zero-order valence-corrected chi connectivity index (χ0v) is 11.3. The van der Waals surface area contributed by atoms with E-state index in [-0.39, 0.29) is 16.6 Å². The van der Waals surface area contributed by atoms with E-state index >= 15 is 0 Å². The lowest BCUT2D eigenvalue weighted by molar-refractivity contribution is 0.406. The van der Waals surface area contributed by atoms with Crippen molar-refractivity contribution in [1.29, 1.82) is 0 Å². The van der Waals surface area contributed by atoms with Gasteiger partial charge in [-0.05, 0) is 24.3 Å².